The second kappa shape index (κ2) is 11.0. The highest BCUT2D eigenvalue weighted by molar-refractivity contribution is 6.62. The van der Waals surface area contributed by atoms with Crippen LogP contribution in [0.1, 0.15) is 27.7 Å². The van der Waals surface area contributed by atoms with Crippen molar-refractivity contribution < 1.29 is 9.31 Å². The van der Waals surface area contributed by atoms with Gasteiger partial charge in [-0.3, -0.25) is 0 Å². The van der Waals surface area contributed by atoms with E-state index in [1.165, 1.54) is 75.8 Å². The number of hydrogen-bond donors (Lipinski definition) is 0. The van der Waals surface area contributed by atoms with Gasteiger partial charge in [0.1, 0.15) is 0 Å². The second-order valence-corrected chi connectivity index (χ2v) is 15.1. The summed E-state index contributed by atoms with van der Waals surface area (Å²) in [6, 6.07) is 55.8. The van der Waals surface area contributed by atoms with E-state index < -0.39 is 18.3 Å². The standard InChI is InChI=1S/C48H37BO2/c1-47(2)48(3,4)51-49(50-47)34-26-32(30-21-23-43-39-17-7-5-13-35(39)37-15-9-11-19-41(37)45(43)28-30)25-33(27-34)31-22-24-44-40-18-8-6-14-36(40)38-16-10-12-20-42(38)46(44)29-31/h5-29H,1-4H3. The first-order valence-corrected chi connectivity index (χ1v) is 17.9. The van der Waals surface area contributed by atoms with Crippen LogP contribution < -0.4 is 5.46 Å². The van der Waals surface area contributed by atoms with Crippen molar-refractivity contribution in [2.75, 3.05) is 0 Å². The third-order valence-corrected chi connectivity index (χ3v) is 11.6. The molecule has 9 aromatic carbocycles. The normalized spacial score (nSPS) is 15.6. The SMILES string of the molecule is CC1(C)OB(c2cc(-c3ccc4c5ccccc5c5ccccc5c4c3)cc(-c3ccc4c5ccccc5c5ccccc5c4c3)c2)OC1(C)C. The van der Waals surface area contributed by atoms with Gasteiger partial charge in [0.15, 0.2) is 0 Å². The average Bonchev–Trinajstić information content (AvgIpc) is 3.40. The topological polar surface area (TPSA) is 18.5 Å². The van der Waals surface area contributed by atoms with Crippen molar-refractivity contribution in [2.24, 2.45) is 0 Å². The minimum absolute atomic E-state index is 0.445. The Kier molecular flexibility index (Phi) is 6.55. The molecule has 0 aromatic heterocycles. The van der Waals surface area contributed by atoms with Gasteiger partial charge in [0, 0.05) is 0 Å². The maximum Gasteiger partial charge on any atom is 0.494 e. The van der Waals surface area contributed by atoms with Gasteiger partial charge in [0.05, 0.1) is 11.2 Å². The van der Waals surface area contributed by atoms with Crippen molar-refractivity contribution in [1.82, 2.24) is 0 Å². The molecule has 0 atom stereocenters. The highest BCUT2D eigenvalue weighted by Gasteiger charge is 2.51. The van der Waals surface area contributed by atoms with E-state index in [0.29, 0.717) is 0 Å². The quantitative estimate of drug-likeness (QED) is 0.139. The van der Waals surface area contributed by atoms with Gasteiger partial charge in [-0.25, -0.2) is 0 Å². The van der Waals surface area contributed by atoms with Crippen LogP contribution >= 0.6 is 0 Å². The number of hydrogen-bond acceptors (Lipinski definition) is 2. The summed E-state index contributed by atoms with van der Waals surface area (Å²) in [5.41, 5.74) is 4.74. The summed E-state index contributed by atoms with van der Waals surface area (Å²) < 4.78 is 13.3. The van der Waals surface area contributed by atoms with Crippen LogP contribution in [0.4, 0.5) is 0 Å². The molecule has 0 saturated carbocycles. The van der Waals surface area contributed by atoms with E-state index in [0.717, 1.165) is 16.6 Å². The molecule has 1 saturated heterocycles. The molecule has 1 heterocycles. The Morgan fingerprint density at radius 2 is 0.608 bits per heavy atom. The lowest BCUT2D eigenvalue weighted by molar-refractivity contribution is 0.00578. The molecule has 244 valence electrons. The second-order valence-electron chi connectivity index (χ2n) is 15.1. The molecule has 0 amide bonds. The average molecular weight is 657 g/mol. The lowest BCUT2D eigenvalue weighted by Crippen LogP contribution is -2.41. The molecule has 51 heavy (non-hydrogen) atoms. The van der Waals surface area contributed by atoms with Crippen molar-refractivity contribution in [2.45, 2.75) is 38.9 Å². The Balaban J connectivity index is 1.21. The summed E-state index contributed by atoms with van der Waals surface area (Å²) in [6.45, 7) is 8.48. The fourth-order valence-electron chi connectivity index (χ4n) is 8.27. The van der Waals surface area contributed by atoms with Gasteiger partial charge in [-0.1, -0.05) is 133 Å². The van der Waals surface area contributed by atoms with E-state index in [9.17, 15) is 0 Å². The number of fused-ring (bicyclic) bond motifs is 12. The highest BCUT2D eigenvalue weighted by Crippen LogP contribution is 2.41. The minimum Gasteiger partial charge on any atom is -0.399 e. The fourth-order valence-corrected chi connectivity index (χ4v) is 8.27. The van der Waals surface area contributed by atoms with Crippen molar-refractivity contribution in [1.29, 1.82) is 0 Å². The van der Waals surface area contributed by atoms with Gasteiger partial charge in [0.25, 0.3) is 0 Å². The summed E-state index contributed by atoms with van der Waals surface area (Å²) in [4.78, 5) is 0. The van der Waals surface area contributed by atoms with Crippen LogP contribution in [0.3, 0.4) is 0 Å². The van der Waals surface area contributed by atoms with Crippen LogP contribution in [-0.2, 0) is 9.31 Å². The van der Waals surface area contributed by atoms with E-state index in [2.05, 4.69) is 179 Å². The Bertz CT molecular complexity index is 2620. The van der Waals surface area contributed by atoms with Gasteiger partial charge in [-0.15, -0.1) is 0 Å². The molecule has 0 aliphatic carbocycles. The minimum atomic E-state index is -0.482. The molecule has 0 bridgehead atoms. The Morgan fingerprint density at radius 3 is 0.941 bits per heavy atom. The van der Waals surface area contributed by atoms with Gasteiger partial charge >= 0.3 is 7.12 Å². The molecule has 9 aromatic rings. The molecule has 2 nitrogen and oxygen atoms in total. The Labute approximate surface area is 298 Å². The highest BCUT2D eigenvalue weighted by atomic mass is 16.7. The van der Waals surface area contributed by atoms with Crippen LogP contribution in [0, 0.1) is 0 Å². The maximum absolute atomic E-state index is 6.66. The van der Waals surface area contributed by atoms with Crippen molar-refractivity contribution in [3.63, 3.8) is 0 Å². The van der Waals surface area contributed by atoms with Gasteiger partial charge in [-0.2, -0.15) is 0 Å². The smallest absolute Gasteiger partial charge is 0.399 e. The molecular weight excluding hydrogens is 619 g/mol. The number of rotatable bonds is 3. The Morgan fingerprint density at radius 1 is 0.314 bits per heavy atom. The van der Waals surface area contributed by atoms with Crippen LogP contribution in [0.15, 0.2) is 152 Å². The van der Waals surface area contributed by atoms with Crippen LogP contribution in [0.2, 0.25) is 0 Å². The van der Waals surface area contributed by atoms with E-state index in [1.807, 2.05) is 0 Å². The monoisotopic (exact) mass is 656 g/mol. The first-order valence-electron chi connectivity index (χ1n) is 17.9. The summed E-state index contributed by atoms with van der Waals surface area (Å²) in [6.07, 6.45) is 0. The van der Waals surface area contributed by atoms with Gasteiger partial charge in [-0.05, 0) is 138 Å². The molecule has 3 heteroatoms. The van der Waals surface area contributed by atoms with Crippen LogP contribution in [0.25, 0.3) is 86.9 Å². The first-order chi connectivity index (χ1) is 24.8. The maximum atomic E-state index is 6.66. The third-order valence-electron chi connectivity index (χ3n) is 11.6. The lowest BCUT2D eigenvalue weighted by Gasteiger charge is -2.32. The molecule has 0 spiro atoms. The third kappa shape index (κ3) is 4.65. The van der Waals surface area contributed by atoms with Gasteiger partial charge < -0.3 is 9.31 Å². The molecule has 1 fully saturated rings. The van der Waals surface area contributed by atoms with E-state index in [4.69, 9.17) is 9.31 Å². The van der Waals surface area contributed by atoms with Crippen LogP contribution in [0.5, 0.6) is 0 Å². The summed E-state index contributed by atoms with van der Waals surface area (Å²) in [5, 5.41) is 15.3. The van der Waals surface area contributed by atoms with Crippen molar-refractivity contribution >= 4 is 77.2 Å². The number of benzene rings is 9. The molecule has 0 unspecified atom stereocenters. The van der Waals surface area contributed by atoms with Crippen molar-refractivity contribution in [3.05, 3.63) is 152 Å². The molecule has 0 N–H and O–H groups in total. The Hall–Kier alpha value is -5.48. The largest absolute Gasteiger partial charge is 0.494 e. The fraction of sp³-hybridized carbons (Fsp3) is 0.125. The van der Waals surface area contributed by atoms with Gasteiger partial charge in [0.2, 0.25) is 0 Å². The predicted molar refractivity (Wildman–Crippen MR) is 218 cm³/mol. The lowest BCUT2D eigenvalue weighted by atomic mass is 9.76. The zero-order chi connectivity index (χ0) is 34.5. The zero-order valence-electron chi connectivity index (χ0n) is 29.3. The molecule has 1 aliphatic heterocycles. The zero-order valence-corrected chi connectivity index (χ0v) is 29.3. The van der Waals surface area contributed by atoms with E-state index in [1.54, 1.807) is 0 Å². The summed E-state index contributed by atoms with van der Waals surface area (Å²) >= 11 is 0. The predicted octanol–water partition coefficient (Wildman–Crippen LogP) is 12.2. The first kappa shape index (κ1) is 30.4. The summed E-state index contributed by atoms with van der Waals surface area (Å²) in [7, 11) is -0.482. The van der Waals surface area contributed by atoms with Crippen molar-refractivity contribution in [3.8, 4) is 22.3 Å². The van der Waals surface area contributed by atoms with Crippen LogP contribution in [-0.4, -0.2) is 18.3 Å². The molecule has 10 rings (SSSR count). The summed E-state index contributed by atoms with van der Waals surface area (Å²) in [5.74, 6) is 0. The molecule has 0 radical (unpaired) electrons. The van der Waals surface area contributed by atoms with E-state index in [-0.39, 0.29) is 0 Å². The molecular formula is C48H37BO2. The molecule has 1 aliphatic rings. The van der Waals surface area contributed by atoms with E-state index >= 15 is 0 Å².